The molecule has 1 N–H and O–H groups in total. The highest BCUT2D eigenvalue weighted by Gasteiger charge is 2.22. The Labute approximate surface area is 125 Å². The van der Waals surface area contributed by atoms with Gasteiger partial charge >= 0.3 is 6.03 Å². The smallest absolute Gasteiger partial charge is 0.322 e. The molecule has 20 heavy (non-hydrogen) atoms. The van der Waals surface area contributed by atoms with E-state index in [0.29, 0.717) is 13.1 Å². The number of amides is 2. The van der Waals surface area contributed by atoms with Crippen molar-refractivity contribution in [1.82, 2.24) is 14.3 Å². The SMILES string of the molecule is Cc1cc(NC(=O)N2CCN(c3nccs3)CC2)sn1. The van der Waals surface area contributed by atoms with Crippen LogP contribution in [0.2, 0.25) is 0 Å². The molecule has 0 aromatic carbocycles. The van der Waals surface area contributed by atoms with Crippen molar-refractivity contribution >= 4 is 39.0 Å². The highest BCUT2D eigenvalue weighted by molar-refractivity contribution is 7.13. The maximum atomic E-state index is 12.1. The lowest BCUT2D eigenvalue weighted by Crippen LogP contribution is -2.50. The third-order valence-electron chi connectivity index (χ3n) is 3.11. The van der Waals surface area contributed by atoms with Crippen LogP contribution in [0.15, 0.2) is 17.6 Å². The Hall–Kier alpha value is -1.67. The predicted octanol–water partition coefficient (Wildman–Crippen LogP) is 2.26. The van der Waals surface area contributed by atoms with Crippen molar-refractivity contribution in [2.45, 2.75) is 6.92 Å². The standard InChI is InChI=1S/C12H15N5OS2/c1-9-8-10(20-15-9)14-11(18)16-3-5-17(6-4-16)12-13-2-7-19-12/h2,7-8H,3-6H2,1H3,(H,14,18). The number of thiazole rings is 1. The van der Waals surface area contributed by atoms with Crippen LogP contribution >= 0.6 is 22.9 Å². The van der Waals surface area contributed by atoms with Crippen LogP contribution in [0.4, 0.5) is 14.9 Å². The normalized spacial score (nSPS) is 15.4. The zero-order chi connectivity index (χ0) is 13.9. The van der Waals surface area contributed by atoms with E-state index < -0.39 is 0 Å². The van der Waals surface area contributed by atoms with Crippen molar-refractivity contribution in [3.63, 3.8) is 0 Å². The molecule has 2 aromatic heterocycles. The maximum absolute atomic E-state index is 12.1. The minimum Gasteiger partial charge on any atom is -0.345 e. The molecule has 1 saturated heterocycles. The molecule has 1 aliphatic rings. The summed E-state index contributed by atoms with van der Waals surface area (Å²) in [5.41, 5.74) is 0.930. The quantitative estimate of drug-likeness (QED) is 0.924. The van der Waals surface area contributed by atoms with Crippen LogP contribution < -0.4 is 10.2 Å². The average Bonchev–Trinajstić information content (AvgIpc) is 3.11. The molecule has 0 bridgehead atoms. The van der Waals surface area contributed by atoms with E-state index >= 15 is 0 Å². The van der Waals surface area contributed by atoms with Gasteiger partial charge in [-0.1, -0.05) is 0 Å². The summed E-state index contributed by atoms with van der Waals surface area (Å²) in [5, 5.41) is 6.70. The highest BCUT2D eigenvalue weighted by atomic mass is 32.1. The number of urea groups is 1. The van der Waals surface area contributed by atoms with Crippen molar-refractivity contribution in [3.05, 3.63) is 23.3 Å². The second-order valence-electron chi connectivity index (χ2n) is 4.55. The number of aromatic nitrogens is 2. The van der Waals surface area contributed by atoms with Crippen LogP contribution in [0.1, 0.15) is 5.69 Å². The van der Waals surface area contributed by atoms with Gasteiger partial charge in [0.25, 0.3) is 0 Å². The molecule has 0 saturated carbocycles. The number of hydrogen-bond donors (Lipinski definition) is 1. The molecule has 106 valence electrons. The topological polar surface area (TPSA) is 61.4 Å². The molecule has 6 nitrogen and oxygen atoms in total. The van der Waals surface area contributed by atoms with Crippen molar-refractivity contribution in [3.8, 4) is 0 Å². The molecule has 3 rings (SSSR count). The summed E-state index contributed by atoms with van der Waals surface area (Å²) < 4.78 is 4.15. The van der Waals surface area contributed by atoms with Crippen LogP contribution in [0.3, 0.4) is 0 Å². The fourth-order valence-electron chi connectivity index (χ4n) is 2.08. The second-order valence-corrected chi connectivity index (χ2v) is 6.23. The van der Waals surface area contributed by atoms with Gasteiger partial charge < -0.3 is 9.80 Å². The zero-order valence-electron chi connectivity index (χ0n) is 11.1. The molecule has 8 heteroatoms. The maximum Gasteiger partial charge on any atom is 0.322 e. The number of nitrogens with one attached hydrogen (secondary N) is 1. The predicted molar refractivity (Wildman–Crippen MR) is 81.8 cm³/mol. The summed E-state index contributed by atoms with van der Waals surface area (Å²) in [7, 11) is 0. The average molecular weight is 309 g/mol. The van der Waals surface area contributed by atoms with E-state index in [1.54, 1.807) is 11.3 Å². The van der Waals surface area contributed by atoms with Crippen molar-refractivity contribution in [2.24, 2.45) is 0 Å². The number of carbonyl (C=O) groups is 1. The molecular weight excluding hydrogens is 294 g/mol. The van der Waals surface area contributed by atoms with Gasteiger partial charge in [0.05, 0.1) is 5.69 Å². The number of hydrogen-bond acceptors (Lipinski definition) is 6. The summed E-state index contributed by atoms with van der Waals surface area (Å²) in [5.74, 6) is 0. The van der Waals surface area contributed by atoms with Crippen molar-refractivity contribution in [2.75, 3.05) is 36.4 Å². The molecule has 3 heterocycles. The summed E-state index contributed by atoms with van der Waals surface area (Å²) >= 11 is 2.95. The monoisotopic (exact) mass is 309 g/mol. The Kier molecular flexibility index (Phi) is 3.83. The van der Waals surface area contributed by atoms with E-state index in [0.717, 1.165) is 28.9 Å². The first-order chi connectivity index (χ1) is 9.72. The minimum absolute atomic E-state index is 0.0487. The molecule has 2 amide bonds. The van der Waals surface area contributed by atoms with E-state index in [2.05, 4.69) is 19.6 Å². The summed E-state index contributed by atoms with van der Waals surface area (Å²) in [4.78, 5) is 20.5. The van der Waals surface area contributed by atoms with E-state index in [4.69, 9.17) is 0 Å². The lowest BCUT2D eigenvalue weighted by Gasteiger charge is -2.34. The van der Waals surface area contributed by atoms with Crippen molar-refractivity contribution in [1.29, 1.82) is 0 Å². The molecule has 1 aliphatic heterocycles. The Balaban J connectivity index is 1.54. The third kappa shape index (κ3) is 2.91. The number of nitrogens with zero attached hydrogens (tertiary/aromatic N) is 4. The summed E-state index contributed by atoms with van der Waals surface area (Å²) in [6.45, 7) is 4.98. The van der Waals surface area contributed by atoms with Crippen molar-refractivity contribution < 1.29 is 4.79 Å². The van der Waals surface area contributed by atoms with E-state index in [1.807, 2.05) is 29.5 Å². The summed E-state index contributed by atoms with van der Waals surface area (Å²) in [6, 6.07) is 1.83. The molecule has 0 aliphatic carbocycles. The Morgan fingerprint density at radius 1 is 1.35 bits per heavy atom. The number of piperazine rings is 1. The van der Waals surface area contributed by atoms with Crippen LogP contribution in [0.5, 0.6) is 0 Å². The third-order valence-corrected chi connectivity index (χ3v) is 4.74. The zero-order valence-corrected chi connectivity index (χ0v) is 12.7. The first-order valence-electron chi connectivity index (χ1n) is 6.36. The van der Waals surface area contributed by atoms with Crippen LogP contribution in [0.25, 0.3) is 0 Å². The van der Waals surface area contributed by atoms with Gasteiger partial charge in [-0.25, -0.2) is 9.78 Å². The summed E-state index contributed by atoms with van der Waals surface area (Å²) in [6.07, 6.45) is 1.81. The molecule has 0 atom stereocenters. The number of rotatable bonds is 2. The van der Waals surface area contributed by atoms with E-state index in [9.17, 15) is 4.79 Å². The number of anilines is 2. The molecule has 1 fully saturated rings. The van der Waals surface area contributed by atoms with E-state index in [-0.39, 0.29) is 6.03 Å². The fraction of sp³-hybridized carbons (Fsp3) is 0.417. The fourth-order valence-corrected chi connectivity index (χ4v) is 3.43. The number of aryl methyl sites for hydroxylation is 1. The van der Waals surface area contributed by atoms with Gasteiger partial charge in [-0.3, -0.25) is 5.32 Å². The molecule has 0 unspecified atom stereocenters. The van der Waals surface area contributed by atoms with Gasteiger partial charge in [-0.2, -0.15) is 4.37 Å². The lowest BCUT2D eigenvalue weighted by atomic mass is 10.3. The highest BCUT2D eigenvalue weighted by Crippen LogP contribution is 2.20. The largest absolute Gasteiger partial charge is 0.345 e. The number of carbonyl (C=O) groups excluding carboxylic acids is 1. The van der Waals surface area contributed by atoms with Crippen LogP contribution in [0, 0.1) is 6.92 Å². The lowest BCUT2D eigenvalue weighted by molar-refractivity contribution is 0.208. The first kappa shape index (κ1) is 13.3. The first-order valence-corrected chi connectivity index (χ1v) is 8.01. The molecule has 0 spiro atoms. The van der Waals surface area contributed by atoms with Crippen LogP contribution in [-0.4, -0.2) is 46.5 Å². The van der Waals surface area contributed by atoms with Gasteiger partial charge in [0.1, 0.15) is 5.00 Å². The molecule has 2 aromatic rings. The van der Waals surface area contributed by atoms with Gasteiger partial charge in [-0.15, -0.1) is 11.3 Å². The molecule has 0 radical (unpaired) electrons. The Bertz CT molecular complexity index is 574. The molecular formula is C12H15N5OS2. The van der Waals surface area contributed by atoms with Gasteiger partial charge in [0.15, 0.2) is 5.13 Å². The minimum atomic E-state index is -0.0487. The van der Waals surface area contributed by atoms with Gasteiger partial charge in [0.2, 0.25) is 0 Å². The van der Waals surface area contributed by atoms with Crippen LogP contribution in [-0.2, 0) is 0 Å². The Morgan fingerprint density at radius 3 is 2.75 bits per heavy atom. The van der Waals surface area contributed by atoms with Gasteiger partial charge in [-0.05, 0) is 24.5 Å². The van der Waals surface area contributed by atoms with Gasteiger partial charge in [0, 0.05) is 37.8 Å². The second kappa shape index (κ2) is 5.76. The Morgan fingerprint density at radius 2 is 2.15 bits per heavy atom. The van der Waals surface area contributed by atoms with E-state index in [1.165, 1.54) is 11.5 Å².